The molecule has 0 bridgehead atoms. The molecule has 0 radical (unpaired) electrons. The number of aryl methyl sites for hydroxylation is 1. The maximum Gasteiger partial charge on any atom is 0.231 e. The van der Waals surface area contributed by atoms with E-state index >= 15 is 0 Å². The molecule has 1 amide bonds. The van der Waals surface area contributed by atoms with Crippen molar-refractivity contribution in [1.82, 2.24) is 14.7 Å². The molecule has 0 aliphatic carbocycles. The van der Waals surface area contributed by atoms with E-state index in [9.17, 15) is 4.79 Å². The van der Waals surface area contributed by atoms with Crippen LogP contribution in [0.4, 0.5) is 0 Å². The van der Waals surface area contributed by atoms with Gasteiger partial charge >= 0.3 is 0 Å². The molecule has 1 aromatic heterocycles. The summed E-state index contributed by atoms with van der Waals surface area (Å²) in [5.41, 5.74) is 3.35. The number of hydrogen-bond donors (Lipinski definition) is 0. The van der Waals surface area contributed by atoms with Crippen LogP contribution in [0.5, 0.6) is 11.5 Å². The number of ether oxygens (including phenoxy) is 2. The molecule has 2 aliphatic heterocycles. The summed E-state index contributed by atoms with van der Waals surface area (Å²) in [6.45, 7) is 1.69. The number of rotatable bonds is 2. The highest BCUT2D eigenvalue weighted by Crippen LogP contribution is 2.32. The van der Waals surface area contributed by atoms with Crippen molar-refractivity contribution in [1.29, 1.82) is 0 Å². The van der Waals surface area contributed by atoms with Gasteiger partial charge in [-0.2, -0.15) is 5.10 Å². The molecule has 0 saturated carbocycles. The van der Waals surface area contributed by atoms with Gasteiger partial charge in [-0.1, -0.05) is 6.07 Å². The molecule has 1 aromatic carbocycles. The molecule has 3 heterocycles. The average molecular weight is 313 g/mol. The first-order valence-corrected chi connectivity index (χ1v) is 7.87. The molecule has 0 fully saturated rings. The van der Waals surface area contributed by atoms with Crippen molar-refractivity contribution in [3.63, 3.8) is 0 Å². The lowest BCUT2D eigenvalue weighted by Crippen LogP contribution is -2.31. The highest BCUT2D eigenvalue weighted by molar-refractivity contribution is 5.79. The van der Waals surface area contributed by atoms with Crippen LogP contribution in [0.15, 0.2) is 24.4 Å². The van der Waals surface area contributed by atoms with E-state index in [1.54, 1.807) is 0 Å². The lowest BCUT2D eigenvalue weighted by Gasteiger charge is -2.20. The Kier molecular flexibility index (Phi) is 3.44. The molecule has 2 aromatic rings. The highest BCUT2D eigenvalue weighted by Gasteiger charge is 2.22. The van der Waals surface area contributed by atoms with E-state index in [-0.39, 0.29) is 12.7 Å². The Labute approximate surface area is 134 Å². The number of benzene rings is 1. The molecule has 23 heavy (non-hydrogen) atoms. The zero-order valence-corrected chi connectivity index (χ0v) is 13.1. The van der Waals surface area contributed by atoms with Crippen LogP contribution in [0.25, 0.3) is 0 Å². The molecule has 6 heteroatoms. The van der Waals surface area contributed by atoms with Gasteiger partial charge in [0.2, 0.25) is 12.7 Å². The molecule has 0 N–H and O–H groups in total. The molecule has 0 unspecified atom stereocenters. The van der Waals surface area contributed by atoms with E-state index in [1.807, 2.05) is 41.0 Å². The summed E-state index contributed by atoms with van der Waals surface area (Å²) in [4.78, 5) is 14.6. The lowest BCUT2D eigenvalue weighted by molar-refractivity contribution is -0.131. The molecule has 0 saturated heterocycles. The minimum Gasteiger partial charge on any atom is -0.454 e. The summed E-state index contributed by atoms with van der Waals surface area (Å²) in [7, 11) is 1.96. The van der Waals surface area contributed by atoms with Gasteiger partial charge in [-0.3, -0.25) is 9.48 Å². The zero-order chi connectivity index (χ0) is 15.8. The summed E-state index contributed by atoms with van der Waals surface area (Å²) < 4.78 is 12.6. The summed E-state index contributed by atoms with van der Waals surface area (Å²) in [6, 6.07) is 5.69. The fraction of sp³-hybridized carbons (Fsp3) is 0.412. The third-order valence-electron chi connectivity index (χ3n) is 4.50. The van der Waals surface area contributed by atoms with Crippen molar-refractivity contribution in [3.8, 4) is 11.5 Å². The van der Waals surface area contributed by atoms with Crippen molar-refractivity contribution < 1.29 is 14.3 Å². The fourth-order valence-electron chi connectivity index (χ4n) is 3.24. The number of fused-ring (bicyclic) bond motifs is 2. The molecule has 6 nitrogen and oxygen atoms in total. The molecule has 120 valence electrons. The van der Waals surface area contributed by atoms with Crippen molar-refractivity contribution in [2.75, 3.05) is 13.3 Å². The van der Waals surface area contributed by atoms with Gasteiger partial charge in [0.25, 0.3) is 0 Å². The van der Waals surface area contributed by atoms with Crippen LogP contribution < -0.4 is 9.47 Å². The maximum absolute atomic E-state index is 12.7. The first-order chi connectivity index (χ1) is 11.2. The minimum atomic E-state index is 0.139. The van der Waals surface area contributed by atoms with Gasteiger partial charge in [0.15, 0.2) is 11.5 Å². The quantitative estimate of drug-likeness (QED) is 0.846. The van der Waals surface area contributed by atoms with Crippen molar-refractivity contribution >= 4 is 5.91 Å². The van der Waals surface area contributed by atoms with E-state index in [0.717, 1.165) is 42.0 Å². The third-order valence-corrected chi connectivity index (χ3v) is 4.50. The Balaban J connectivity index is 1.48. The van der Waals surface area contributed by atoms with Gasteiger partial charge in [0.05, 0.1) is 12.6 Å². The topological polar surface area (TPSA) is 56.6 Å². The predicted molar refractivity (Wildman–Crippen MR) is 83.2 cm³/mol. The molecular weight excluding hydrogens is 294 g/mol. The van der Waals surface area contributed by atoms with E-state index in [2.05, 4.69) is 5.10 Å². The van der Waals surface area contributed by atoms with Gasteiger partial charge in [-0.25, -0.2) is 0 Å². The van der Waals surface area contributed by atoms with E-state index < -0.39 is 0 Å². The maximum atomic E-state index is 12.7. The van der Waals surface area contributed by atoms with Gasteiger partial charge in [-0.05, 0) is 30.5 Å². The molecule has 0 spiro atoms. The van der Waals surface area contributed by atoms with Crippen molar-refractivity contribution in [2.45, 2.75) is 25.8 Å². The Morgan fingerprint density at radius 1 is 1.30 bits per heavy atom. The average Bonchev–Trinajstić information content (AvgIpc) is 3.07. The normalized spacial score (nSPS) is 16.1. The Bertz CT molecular complexity index is 754. The van der Waals surface area contributed by atoms with Crippen LogP contribution in [0.2, 0.25) is 0 Å². The van der Waals surface area contributed by atoms with Gasteiger partial charge in [0.1, 0.15) is 0 Å². The number of aromatic nitrogens is 2. The first-order valence-electron chi connectivity index (χ1n) is 7.87. The van der Waals surface area contributed by atoms with E-state index in [1.165, 1.54) is 5.69 Å². The number of amides is 1. The number of carbonyl (C=O) groups is 1. The number of hydrogen-bond acceptors (Lipinski definition) is 4. The Hall–Kier alpha value is -2.50. The van der Waals surface area contributed by atoms with Crippen molar-refractivity contribution in [3.05, 3.63) is 41.2 Å². The smallest absolute Gasteiger partial charge is 0.231 e. The second kappa shape index (κ2) is 5.61. The van der Waals surface area contributed by atoms with Gasteiger partial charge < -0.3 is 14.4 Å². The van der Waals surface area contributed by atoms with Crippen LogP contribution in [0, 0.1) is 0 Å². The minimum absolute atomic E-state index is 0.139. The Morgan fingerprint density at radius 2 is 2.17 bits per heavy atom. The van der Waals surface area contributed by atoms with Crippen LogP contribution in [-0.2, 0) is 31.2 Å². The van der Waals surface area contributed by atoms with Crippen LogP contribution in [-0.4, -0.2) is 33.9 Å². The SMILES string of the molecule is Cn1ncc2c1CCCN(C(=O)Cc1ccc3c(c1)OCO3)C2. The monoisotopic (exact) mass is 313 g/mol. The Morgan fingerprint density at radius 3 is 3.09 bits per heavy atom. The molecule has 0 atom stereocenters. The zero-order valence-electron chi connectivity index (χ0n) is 13.1. The number of carbonyl (C=O) groups excluding carboxylic acids is 1. The van der Waals surface area contributed by atoms with Crippen LogP contribution >= 0.6 is 0 Å². The lowest BCUT2D eigenvalue weighted by atomic mass is 10.1. The summed E-state index contributed by atoms with van der Waals surface area (Å²) >= 11 is 0. The summed E-state index contributed by atoms with van der Waals surface area (Å²) in [5.74, 6) is 1.61. The summed E-state index contributed by atoms with van der Waals surface area (Å²) in [6.07, 6.45) is 4.20. The van der Waals surface area contributed by atoms with Gasteiger partial charge in [-0.15, -0.1) is 0 Å². The first kappa shape index (κ1) is 14.1. The van der Waals surface area contributed by atoms with E-state index in [0.29, 0.717) is 13.0 Å². The fourth-order valence-corrected chi connectivity index (χ4v) is 3.24. The van der Waals surface area contributed by atoms with Gasteiger partial charge in [0, 0.05) is 31.4 Å². The largest absolute Gasteiger partial charge is 0.454 e. The second-order valence-electron chi connectivity index (χ2n) is 6.02. The van der Waals surface area contributed by atoms with Crippen LogP contribution in [0.3, 0.4) is 0 Å². The number of nitrogens with zero attached hydrogens (tertiary/aromatic N) is 3. The molecule has 2 aliphatic rings. The predicted octanol–water partition coefficient (Wildman–Crippen LogP) is 1.67. The second-order valence-corrected chi connectivity index (χ2v) is 6.02. The standard InChI is InChI=1S/C17H19N3O3/c1-19-14-3-2-6-20(10-13(14)9-18-19)17(21)8-12-4-5-15-16(7-12)23-11-22-15/h4-5,7,9H,2-3,6,8,10-11H2,1H3. The van der Waals surface area contributed by atoms with E-state index in [4.69, 9.17) is 9.47 Å². The third kappa shape index (κ3) is 2.65. The molecular formula is C17H19N3O3. The van der Waals surface area contributed by atoms with Crippen molar-refractivity contribution in [2.24, 2.45) is 7.05 Å². The highest BCUT2D eigenvalue weighted by atomic mass is 16.7. The molecule has 4 rings (SSSR count). The van der Waals surface area contributed by atoms with Crippen LogP contribution in [0.1, 0.15) is 23.2 Å². The summed E-state index contributed by atoms with van der Waals surface area (Å²) in [5, 5.41) is 4.31.